The molecule has 0 saturated heterocycles. The number of fused-ring (bicyclic) bond motifs is 1. The molecule has 0 aliphatic carbocycles. The van der Waals surface area contributed by atoms with Crippen LogP contribution in [0.1, 0.15) is 19.7 Å². The number of ether oxygens (including phenoxy) is 1. The molecule has 86 valence electrons. The zero-order valence-electron chi connectivity index (χ0n) is 8.96. The van der Waals surface area contributed by atoms with E-state index in [4.69, 9.17) is 4.74 Å². The average Bonchev–Trinajstić information content (AvgIpc) is 2.57. The van der Waals surface area contributed by atoms with Crippen molar-refractivity contribution in [1.82, 2.24) is 19.9 Å². The van der Waals surface area contributed by atoms with Crippen LogP contribution >= 0.6 is 0 Å². The summed E-state index contributed by atoms with van der Waals surface area (Å²) in [6, 6.07) is 0. The Hall–Kier alpha value is -1.89. The van der Waals surface area contributed by atoms with E-state index in [9.17, 15) is 9.59 Å². The van der Waals surface area contributed by atoms with Crippen molar-refractivity contribution in [1.29, 1.82) is 0 Å². The maximum absolute atomic E-state index is 11.4. The van der Waals surface area contributed by atoms with E-state index in [1.807, 2.05) is 13.8 Å². The van der Waals surface area contributed by atoms with Gasteiger partial charge in [-0.25, -0.2) is 9.78 Å². The van der Waals surface area contributed by atoms with Crippen molar-refractivity contribution < 1.29 is 4.74 Å². The molecule has 16 heavy (non-hydrogen) atoms. The highest BCUT2D eigenvalue weighted by atomic mass is 16.5. The Kier molecular flexibility index (Phi) is 2.61. The van der Waals surface area contributed by atoms with Crippen LogP contribution in [-0.4, -0.2) is 26.0 Å². The first-order valence-electron chi connectivity index (χ1n) is 4.89. The van der Waals surface area contributed by atoms with Crippen molar-refractivity contribution in [2.24, 2.45) is 0 Å². The Balaban J connectivity index is 2.40. The number of nitrogens with one attached hydrogen (secondary N) is 3. The molecule has 7 nitrogen and oxygen atoms in total. The molecule has 0 aromatic carbocycles. The van der Waals surface area contributed by atoms with Gasteiger partial charge in [-0.05, 0) is 13.8 Å². The number of imidazole rings is 1. The Morgan fingerprint density at radius 2 is 2.00 bits per heavy atom. The molecule has 3 N–H and O–H groups in total. The fraction of sp³-hybridized carbons (Fsp3) is 0.444. The second kappa shape index (κ2) is 3.93. The smallest absolute Gasteiger partial charge is 0.327 e. The zero-order valence-corrected chi connectivity index (χ0v) is 8.96. The van der Waals surface area contributed by atoms with Gasteiger partial charge in [0.1, 0.15) is 17.9 Å². The van der Waals surface area contributed by atoms with Gasteiger partial charge >= 0.3 is 5.69 Å². The van der Waals surface area contributed by atoms with Gasteiger partial charge in [-0.2, -0.15) is 0 Å². The average molecular weight is 224 g/mol. The van der Waals surface area contributed by atoms with E-state index in [0.717, 1.165) is 0 Å². The second-order valence-electron chi connectivity index (χ2n) is 3.68. The highest BCUT2D eigenvalue weighted by Gasteiger charge is 2.07. The van der Waals surface area contributed by atoms with Gasteiger partial charge in [0.15, 0.2) is 5.65 Å². The lowest BCUT2D eigenvalue weighted by Gasteiger charge is -2.03. The molecule has 0 radical (unpaired) electrons. The monoisotopic (exact) mass is 224 g/mol. The number of nitrogens with zero attached hydrogens (tertiary/aromatic N) is 1. The summed E-state index contributed by atoms with van der Waals surface area (Å²) < 4.78 is 5.33. The summed E-state index contributed by atoms with van der Waals surface area (Å²) in [5, 5.41) is 0. The SMILES string of the molecule is CC(C)OCc1nc2[nH]c(=O)[nH]c(=O)c2[nH]1. The maximum Gasteiger partial charge on any atom is 0.327 e. The van der Waals surface area contributed by atoms with Crippen LogP contribution in [0.4, 0.5) is 0 Å². The molecule has 0 fully saturated rings. The number of hydrogen-bond donors (Lipinski definition) is 3. The van der Waals surface area contributed by atoms with Gasteiger partial charge in [-0.15, -0.1) is 0 Å². The molecular weight excluding hydrogens is 212 g/mol. The first kappa shape index (κ1) is 10.6. The molecule has 0 spiro atoms. The molecule has 2 aromatic heterocycles. The van der Waals surface area contributed by atoms with Gasteiger partial charge in [0.05, 0.1) is 6.10 Å². The first-order chi connectivity index (χ1) is 7.56. The van der Waals surface area contributed by atoms with E-state index in [-0.39, 0.29) is 23.9 Å². The van der Waals surface area contributed by atoms with Crippen LogP contribution in [-0.2, 0) is 11.3 Å². The highest BCUT2D eigenvalue weighted by Crippen LogP contribution is 2.03. The van der Waals surface area contributed by atoms with E-state index >= 15 is 0 Å². The normalized spacial score (nSPS) is 11.4. The van der Waals surface area contributed by atoms with Gasteiger partial charge in [0, 0.05) is 0 Å². The topological polar surface area (TPSA) is 104 Å². The predicted octanol–water partition coefficient (Wildman–Crippen LogP) is -0.136. The van der Waals surface area contributed by atoms with Crippen LogP contribution < -0.4 is 11.2 Å². The Bertz CT molecular complexity index is 607. The molecule has 2 heterocycles. The fourth-order valence-electron chi connectivity index (χ4n) is 1.30. The van der Waals surface area contributed by atoms with E-state index in [0.29, 0.717) is 5.82 Å². The van der Waals surface area contributed by atoms with Crippen molar-refractivity contribution >= 4 is 11.2 Å². The van der Waals surface area contributed by atoms with Crippen LogP contribution in [0.3, 0.4) is 0 Å². The molecular formula is C9H12N4O3. The molecule has 0 amide bonds. The van der Waals surface area contributed by atoms with E-state index in [1.165, 1.54) is 0 Å². The van der Waals surface area contributed by atoms with E-state index < -0.39 is 11.2 Å². The molecule has 0 unspecified atom stereocenters. The quantitative estimate of drug-likeness (QED) is 0.675. The minimum absolute atomic E-state index is 0.0746. The van der Waals surface area contributed by atoms with Crippen LogP contribution in [0.25, 0.3) is 11.2 Å². The first-order valence-corrected chi connectivity index (χ1v) is 4.89. The van der Waals surface area contributed by atoms with Crippen LogP contribution in [0.5, 0.6) is 0 Å². The number of aromatic nitrogens is 4. The van der Waals surface area contributed by atoms with Crippen molar-refractivity contribution in [3.05, 3.63) is 26.7 Å². The number of hydrogen-bond acceptors (Lipinski definition) is 4. The number of rotatable bonds is 3. The Morgan fingerprint density at radius 3 is 2.69 bits per heavy atom. The van der Waals surface area contributed by atoms with Gasteiger partial charge in [0.25, 0.3) is 5.56 Å². The largest absolute Gasteiger partial charge is 0.371 e. The molecule has 7 heteroatoms. The molecule has 0 aliphatic rings. The van der Waals surface area contributed by atoms with Gasteiger partial charge in [-0.1, -0.05) is 0 Å². The van der Waals surface area contributed by atoms with Crippen molar-refractivity contribution in [3.8, 4) is 0 Å². The van der Waals surface area contributed by atoms with Crippen LogP contribution in [0, 0.1) is 0 Å². The number of H-pyrrole nitrogens is 3. The Labute approximate surface area is 89.9 Å². The lowest BCUT2D eigenvalue weighted by atomic mass is 10.5. The van der Waals surface area contributed by atoms with Crippen LogP contribution in [0.15, 0.2) is 9.59 Å². The molecule has 0 atom stereocenters. The van der Waals surface area contributed by atoms with Gasteiger partial charge in [0.2, 0.25) is 0 Å². The van der Waals surface area contributed by atoms with Crippen molar-refractivity contribution in [2.75, 3.05) is 0 Å². The van der Waals surface area contributed by atoms with Gasteiger partial charge in [-0.3, -0.25) is 14.8 Å². The third-order valence-electron chi connectivity index (χ3n) is 1.99. The summed E-state index contributed by atoms with van der Waals surface area (Å²) in [4.78, 5) is 33.7. The molecule has 0 saturated carbocycles. The summed E-state index contributed by atoms with van der Waals surface area (Å²) >= 11 is 0. The molecule has 0 aliphatic heterocycles. The van der Waals surface area contributed by atoms with E-state index in [1.54, 1.807) is 0 Å². The van der Waals surface area contributed by atoms with Crippen molar-refractivity contribution in [2.45, 2.75) is 26.6 Å². The van der Waals surface area contributed by atoms with Gasteiger partial charge < -0.3 is 9.72 Å². The fourth-order valence-corrected chi connectivity index (χ4v) is 1.30. The molecule has 2 rings (SSSR count). The predicted molar refractivity (Wildman–Crippen MR) is 57.3 cm³/mol. The maximum atomic E-state index is 11.4. The lowest BCUT2D eigenvalue weighted by Crippen LogP contribution is -2.21. The highest BCUT2D eigenvalue weighted by molar-refractivity contribution is 5.68. The van der Waals surface area contributed by atoms with E-state index in [2.05, 4.69) is 19.9 Å². The van der Waals surface area contributed by atoms with Crippen LogP contribution in [0.2, 0.25) is 0 Å². The third kappa shape index (κ3) is 2.03. The summed E-state index contributed by atoms with van der Waals surface area (Å²) in [6.45, 7) is 4.07. The molecule has 2 aromatic rings. The lowest BCUT2D eigenvalue weighted by molar-refractivity contribution is 0.0618. The zero-order chi connectivity index (χ0) is 11.7. The summed E-state index contributed by atoms with van der Waals surface area (Å²) in [7, 11) is 0. The minimum atomic E-state index is -0.569. The summed E-state index contributed by atoms with van der Waals surface area (Å²) in [5.74, 6) is 0.510. The summed E-state index contributed by atoms with van der Waals surface area (Å²) in [5.41, 5.74) is -0.555. The summed E-state index contributed by atoms with van der Waals surface area (Å²) in [6.07, 6.45) is 0.0746. The number of aromatic amines is 3. The third-order valence-corrected chi connectivity index (χ3v) is 1.99. The Morgan fingerprint density at radius 1 is 1.25 bits per heavy atom. The van der Waals surface area contributed by atoms with Crippen molar-refractivity contribution in [3.63, 3.8) is 0 Å². The molecule has 0 bridgehead atoms. The minimum Gasteiger partial charge on any atom is -0.371 e. The second-order valence-corrected chi connectivity index (χ2v) is 3.68. The standard InChI is InChI=1S/C9H12N4O3/c1-4(2)16-3-5-10-6-7(11-5)12-9(15)13-8(6)14/h4H,3H2,1-2H3,(H3,10,11,12,13,14,15).